The van der Waals surface area contributed by atoms with E-state index in [1.807, 2.05) is 12.2 Å². The number of hydrogen-bond acceptors (Lipinski definition) is 4. The highest BCUT2D eigenvalue weighted by Gasteiger charge is 2.51. The number of nitrogens with zero attached hydrogens (tertiary/aromatic N) is 2. The number of halogens is 3. The van der Waals surface area contributed by atoms with E-state index in [0.717, 1.165) is 10.0 Å². The van der Waals surface area contributed by atoms with Crippen LogP contribution >= 0.6 is 34.8 Å². The van der Waals surface area contributed by atoms with Gasteiger partial charge in [0.2, 0.25) is 0 Å². The zero-order valence-corrected chi connectivity index (χ0v) is 18.9. The van der Waals surface area contributed by atoms with E-state index in [2.05, 4.69) is 0 Å². The molecule has 1 heterocycles. The maximum Gasteiger partial charge on any atom is 0.274 e. The second kappa shape index (κ2) is 9.06. The number of amides is 3. The average Bonchev–Trinajstić information content (AvgIpc) is 3.02. The predicted octanol–water partition coefficient (Wildman–Crippen LogP) is 4.84. The number of benzene rings is 2. The van der Waals surface area contributed by atoms with Crippen molar-refractivity contribution in [2.24, 2.45) is 11.8 Å². The summed E-state index contributed by atoms with van der Waals surface area (Å²) in [5.41, 5.74) is 0.184. The highest BCUT2D eigenvalue weighted by Crippen LogP contribution is 2.36. The topological polar surface area (TPSA) is 74.8 Å². The van der Waals surface area contributed by atoms with Gasteiger partial charge in [-0.3, -0.25) is 19.2 Å². The largest absolute Gasteiger partial charge is 0.292 e. The van der Waals surface area contributed by atoms with Crippen molar-refractivity contribution in [3.05, 3.63) is 80.8 Å². The molecule has 0 spiro atoms. The summed E-state index contributed by atoms with van der Waals surface area (Å²) in [6.07, 6.45) is 4.48. The molecule has 4 rings (SSSR count). The molecule has 1 saturated heterocycles. The molecule has 1 aliphatic heterocycles. The highest BCUT2D eigenvalue weighted by molar-refractivity contribution is 6.37. The van der Waals surface area contributed by atoms with Crippen molar-refractivity contribution in [2.75, 3.05) is 6.54 Å². The fourth-order valence-electron chi connectivity index (χ4n) is 3.96. The number of allylic oxidation sites excluding steroid dienone is 2. The standard InChI is InChI=1S/C23H17Cl3N2O4/c24-13-9-10-16(19(26)11-13)20(29)12-27(21(30)17-7-3-4-8-18(17)25)28-22(31)14-5-1-2-6-15(14)23(28)32/h1-4,7-11,14-15H,5-6,12H2/t14-,15+. The average molecular weight is 492 g/mol. The number of ketones is 1. The van der Waals surface area contributed by atoms with Gasteiger partial charge in [0.15, 0.2) is 5.78 Å². The molecule has 0 saturated carbocycles. The SMILES string of the molecule is O=C(CN(C(=O)c1ccccc1Cl)N1C(=O)[C@H]2CC=CC[C@H]2C1=O)c1ccc(Cl)cc1Cl. The summed E-state index contributed by atoms with van der Waals surface area (Å²) in [4.78, 5) is 52.8. The molecule has 9 heteroatoms. The molecule has 6 nitrogen and oxygen atoms in total. The zero-order chi connectivity index (χ0) is 23.0. The third-order valence-corrected chi connectivity index (χ3v) is 6.47. The smallest absolute Gasteiger partial charge is 0.274 e. The van der Waals surface area contributed by atoms with Crippen LogP contribution in [0.15, 0.2) is 54.6 Å². The van der Waals surface area contributed by atoms with Gasteiger partial charge in [0, 0.05) is 10.6 Å². The summed E-state index contributed by atoms with van der Waals surface area (Å²) < 4.78 is 0. The number of carbonyl (C=O) groups is 4. The van der Waals surface area contributed by atoms with Gasteiger partial charge >= 0.3 is 0 Å². The Morgan fingerprint density at radius 1 is 0.875 bits per heavy atom. The molecule has 1 fully saturated rings. The van der Waals surface area contributed by atoms with Crippen molar-refractivity contribution < 1.29 is 19.2 Å². The first-order valence-corrected chi connectivity index (χ1v) is 11.0. The lowest BCUT2D eigenvalue weighted by Crippen LogP contribution is -2.52. The van der Waals surface area contributed by atoms with Crippen molar-refractivity contribution in [1.82, 2.24) is 10.0 Å². The van der Waals surface area contributed by atoms with Crippen LogP contribution in [0.1, 0.15) is 33.6 Å². The fraction of sp³-hybridized carbons (Fsp3) is 0.217. The van der Waals surface area contributed by atoms with Crippen LogP contribution in [0.3, 0.4) is 0 Å². The molecule has 164 valence electrons. The Hall–Kier alpha value is -2.67. The van der Waals surface area contributed by atoms with E-state index in [1.54, 1.807) is 12.1 Å². The first kappa shape index (κ1) is 22.5. The van der Waals surface area contributed by atoms with Crippen molar-refractivity contribution in [1.29, 1.82) is 0 Å². The van der Waals surface area contributed by atoms with E-state index in [4.69, 9.17) is 34.8 Å². The Bertz CT molecular complexity index is 1140. The van der Waals surface area contributed by atoms with Gasteiger partial charge in [-0.2, -0.15) is 5.01 Å². The highest BCUT2D eigenvalue weighted by atomic mass is 35.5. The summed E-state index contributed by atoms with van der Waals surface area (Å²) in [6, 6.07) is 10.6. The van der Waals surface area contributed by atoms with Crippen LogP contribution in [0.5, 0.6) is 0 Å². The maximum absolute atomic E-state index is 13.4. The van der Waals surface area contributed by atoms with Crippen LogP contribution in [0.25, 0.3) is 0 Å². The molecule has 2 aliphatic rings. The third-order valence-electron chi connectivity index (χ3n) is 5.59. The Labute approximate surface area is 199 Å². The Kier molecular flexibility index (Phi) is 6.38. The van der Waals surface area contributed by atoms with E-state index >= 15 is 0 Å². The Morgan fingerprint density at radius 2 is 1.50 bits per heavy atom. The molecule has 0 unspecified atom stereocenters. The normalized spacial score (nSPS) is 19.8. The molecule has 2 aromatic rings. The van der Waals surface area contributed by atoms with E-state index in [-0.39, 0.29) is 21.2 Å². The van der Waals surface area contributed by atoms with Crippen molar-refractivity contribution in [2.45, 2.75) is 12.8 Å². The molecule has 32 heavy (non-hydrogen) atoms. The number of Topliss-reactive ketones (excluding diaryl/α,β-unsaturated/α-hetero) is 1. The molecule has 0 aromatic heterocycles. The molecular formula is C23H17Cl3N2O4. The summed E-state index contributed by atoms with van der Waals surface area (Å²) >= 11 is 18.3. The minimum absolute atomic E-state index is 0.0674. The Morgan fingerprint density at radius 3 is 2.09 bits per heavy atom. The van der Waals surface area contributed by atoms with Crippen molar-refractivity contribution >= 4 is 58.3 Å². The lowest BCUT2D eigenvalue weighted by Gasteiger charge is -2.30. The van der Waals surface area contributed by atoms with Crippen LogP contribution in [0.4, 0.5) is 0 Å². The minimum atomic E-state index is -0.734. The molecule has 2 atom stereocenters. The number of imide groups is 1. The van der Waals surface area contributed by atoms with Gasteiger partial charge in [-0.05, 0) is 43.2 Å². The van der Waals surface area contributed by atoms with Crippen LogP contribution in [0, 0.1) is 11.8 Å². The van der Waals surface area contributed by atoms with Crippen LogP contribution < -0.4 is 0 Å². The summed E-state index contributed by atoms with van der Waals surface area (Å²) in [6.45, 7) is -0.574. The number of hydrogen-bond donors (Lipinski definition) is 0. The van der Waals surface area contributed by atoms with Gasteiger partial charge in [0.05, 0.1) is 27.4 Å². The molecule has 3 amide bonds. The predicted molar refractivity (Wildman–Crippen MR) is 120 cm³/mol. The van der Waals surface area contributed by atoms with Crippen LogP contribution in [-0.4, -0.2) is 40.1 Å². The van der Waals surface area contributed by atoms with E-state index in [0.29, 0.717) is 17.9 Å². The number of fused-ring (bicyclic) bond motifs is 1. The molecule has 1 aliphatic carbocycles. The number of carbonyl (C=O) groups excluding carboxylic acids is 4. The third kappa shape index (κ3) is 4.06. The summed E-state index contributed by atoms with van der Waals surface area (Å²) in [5.74, 6) is -3.45. The molecule has 0 bridgehead atoms. The summed E-state index contributed by atoms with van der Waals surface area (Å²) in [5, 5.41) is 2.26. The monoisotopic (exact) mass is 490 g/mol. The van der Waals surface area contributed by atoms with Crippen LogP contribution in [0.2, 0.25) is 15.1 Å². The van der Waals surface area contributed by atoms with Gasteiger partial charge < -0.3 is 0 Å². The lowest BCUT2D eigenvalue weighted by atomic mass is 9.85. The fourth-order valence-corrected chi connectivity index (χ4v) is 4.70. The lowest BCUT2D eigenvalue weighted by molar-refractivity contribution is -0.154. The zero-order valence-electron chi connectivity index (χ0n) is 16.6. The van der Waals surface area contributed by atoms with Gasteiger partial charge in [-0.15, -0.1) is 0 Å². The quantitative estimate of drug-likeness (QED) is 0.341. The number of rotatable bonds is 5. The number of hydrazine groups is 1. The maximum atomic E-state index is 13.4. The second-order valence-corrected chi connectivity index (χ2v) is 8.78. The molecular weight excluding hydrogens is 475 g/mol. The van der Waals surface area contributed by atoms with E-state index < -0.39 is 41.9 Å². The van der Waals surface area contributed by atoms with Crippen molar-refractivity contribution in [3.8, 4) is 0 Å². The molecule has 2 aromatic carbocycles. The minimum Gasteiger partial charge on any atom is -0.292 e. The van der Waals surface area contributed by atoms with Crippen molar-refractivity contribution in [3.63, 3.8) is 0 Å². The van der Waals surface area contributed by atoms with Gasteiger partial charge in [-0.25, -0.2) is 5.01 Å². The second-order valence-electron chi connectivity index (χ2n) is 7.53. The molecule has 0 N–H and O–H groups in total. The van der Waals surface area contributed by atoms with Gasteiger partial charge in [0.25, 0.3) is 17.7 Å². The molecule has 0 radical (unpaired) electrons. The van der Waals surface area contributed by atoms with E-state index in [9.17, 15) is 19.2 Å². The van der Waals surface area contributed by atoms with Gasteiger partial charge in [0.1, 0.15) is 6.54 Å². The summed E-state index contributed by atoms with van der Waals surface area (Å²) in [7, 11) is 0. The van der Waals surface area contributed by atoms with Crippen LogP contribution in [-0.2, 0) is 9.59 Å². The Balaban J connectivity index is 1.73. The first-order chi connectivity index (χ1) is 15.3. The van der Waals surface area contributed by atoms with Gasteiger partial charge in [-0.1, -0.05) is 59.1 Å². The first-order valence-electron chi connectivity index (χ1n) is 9.87. The van der Waals surface area contributed by atoms with E-state index in [1.165, 1.54) is 30.3 Å².